The Morgan fingerprint density at radius 2 is 0.721 bits per heavy atom. The van der Waals surface area contributed by atoms with Crippen molar-refractivity contribution in [3.63, 3.8) is 0 Å². The highest BCUT2D eigenvalue weighted by molar-refractivity contribution is 6.14. The fourth-order valence-corrected chi connectivity index (χ4v) is 8.13. The van der Waals surface area contributed by atoms with E-state index in [-0.39, 0.29) is 0 Å². The summed E-state index contributed by atoms with van der Waals surface area (Å²) in [5, 5.41) is 1.80. The molecule has 11 aromatic rings. The first kappa shape index (κ1) is 35.8. The van der Waals surface area contributed by atoms with Gasteiger partial charge in [-0.15, -0.1) is 0 Å². The molecule has 0 amide bonds. The number of pyridine rings is 1. The van der Waals surface area contributed by atoms with Crippen molar-refractivity contribution in [2.45, 2.75) is 0 Å². The van der Waals surface area contributed by atoms with Gasteiger partial charge in [-0.05, 0) is 62.2 Å². The predicted octanol–water partition coefficient (Wildman–Crippen LogP) is 14.5. The zero-order valence-corrected chi connectivity index (χ0v) is 33.0. The van der Waals surface area contributed by atoms with Gasteiger partial charge in [-0.1, -0.05) is 200 Å². The Labute approximate surface area is 353 Å². The van der Waals surface area contributed by atoms with Crippen molar-refractivity contribution in [2.24, 2.45) is 0 Å². The van der Waals surface area contributed by atoms with E-state index in [2.05, 4.69) is 188 Å². The molecule has 3 aromatic heterocycles. The summed E-state index contributed by atoms with van der Waals surface area (Å²) in [6.07, 6.45) is 1.77. The lowest BCUT2D eigenvalue weighted by molar-refractivity contribution is 0.655. The van der Waals surface area contributed by atoms with Crippen LogP contribution in [0.3, 0.4) is 0 Å². The van der Waals surface area contributed by atoms with E-state index in [1.54, 1.807) is 6.20 Å². The number of furan rings is 1. The third kappa shape index (κ3) is 6.94. The number of rotatable bonds is 8. The van der Waals surface area contributed by atoms with E-state index >= 15 is 0 Å². The first-order chi connectivity index (χ1) is 30.2. The maximum Gasteiger partial charge on any atom is 0.228 e. The average Bonchev–Trinajstić information content (AvgIpc) is 3.74. The summed E-state index contributed by atoms with van der Waals surface area (Å²) in [4.78, 5) is 20.3. The van der Waals surface area contributed by atoms with Gasteiger partial charge in [0, 0.05) is 33.8 Å². The van der Waals surface area contributed by atoms with Crippen molar-refractivity contribution in [1.29, 1.82) is 0 Å². The fraction of sp³-hybridized carbons (Fsp3) is 0. The van der Waals surface area contributed by atoms with E-state index in [0.717, 1.165) is 72.0 Å². The third-order valence-electron chi connectivity index (χ3n) is 11.3. The minimum absolute atomic E-state index is 0.525. The Balaban J connectivity index is 1.03. The van der Waals surface area contributed by atoms with E-state index < -0.39 is 0 Å². The summed E-state index contributed by atoms with van der Waals surface area (Å²) in [7, 11) is 0. The van der Waals surface area contributed by atoms with Gasteiger partial charge in [0.2, 0.25) is 5.71 Å². The number of fused-ring (bicyclic) bond motifs is 3. The zero-order valence-electron chi connectivity index (χ0n) is 33.0. The highest BCUT2D eigenvalue weighted by Gasteiger charge is 2.21. The second-order valence-electron chi connectivity index (χ2n) is 15.0. The summed E-state index contributed by atoms with van der Waals surface area (Å²) in [6.45, 7) is 0. The standard InChI is InChI=1S/C56H36N4O/c1-4-12-37(13-5-1)40-22-24-43(25-23-40)46-18-10-19-47(36-46)54-58-53(45-32-28-42(29-33-45)39-16-8-3-9-17-39)59-55(60-54)50-34-35-57-56-51(50)49-21-11-20-48(52(49)61-56)44-30-26-41(27-31-44)38-14-6-2-7-15-38/h1-36H. The molecule has 0 unspecified atom stereocenters. The van der Waals surface area contributed by atoms with Crippen LogP contribution < -0.4 is 0 Å². The molecule has 3 heterocycles. The fourth-order valence-electron chi connectivity index (χ4n) is 8.13. The number of benzene rings is 8. The maximum absolute atomic E-state index is 6.62. The van der Waals surface area contributed by atoms with Crippen LogP contribution in [0.1, 0.15) is 0 Å². The van der Waals surface area contributed by atoms with E-state index in [4.69, 9.17) is 24.4 Å². The molecule has 5 nitrogen and oxygen atoms in total. The largest absolute Gasteiger partial charge is 0.437 e. The van der Waals surface area contributed by atoms with Gasteiger partial charge in [-0.2, -0.15) is 0 Å². The molecule has 0 saturated heterocycles. The Morgan fingerprint density at radius 1 is 0.295 bits per heavy atom. The van der Waals surface area contributed by atoms with Gasteiger partial charge in [-0.3, -0.25) is 0 Å². The lowest BCUT2D eigenvalue weighted by Crippen LogP contribution is -2.01. The van der Waals surface area contributed by atoms with Gasteiger partial charge in [-0.25, -0.2) is 19.9 Å². The zero-order chi connectivity index (χ0) is 40.5. The lowest BCUT2D eigenvalue weighted by atomic mass is 9.98. The smallest absolute Gasteiger partial charge is 0.228 e. The number of hydrogen-bond acceptors (Lipinski definition) is 5. The maximum atomic E-state index is 6.62. The second-order valence-corrected chi connectivity index (χ2v) is 15.0. The molecule has 0 aliphatic carbocycles. The van der Waals surface area contributed by atoms with Crippen molar-refractivity contribution < 1.29 is 4.42 Å². The molecule has 0 fully saturated rings. The highest BCUT2D eigenvalue weighted by atomic mass is 16.3. The van der Waals surface area contributed by atoms with Crippen LogP contribution >= 0.6 is 0 Å². The molecule has 0 radical (unpaired) electrons. The SMILES string of the molecule is c1ccc(-c2ccc(-c3cccc(-c4nc(-c5ccc(-c6ccccc6)cc5)nc(-c5ccnc6oc7c(-c8ccc(-c9ccccc9)cc8)cccc7c56)n4)c3)cc2)cc1. The van der Waals surface area contributed by atoms with Gasteiger partial charge < -0.3 is 4.42 Å². The van der Waals surface area contributed by atoms with Gasteiger partial charge in [0.1, 0.15) is 5.58 Å². The number of nitrogens with zero attached hydrogens (tertiary/aromatic N) is 4. The van der Waals surface area contributed by atoms with Crippen LogP contribution in [0.15, 0.2) is 223 Å². The summed E-state index contributed by atoms with van der Waals surface area (Å²) < 4.78 is 6.62. The molecule has 0 aliphatic heterocycles. The number of para-hydroxylation sites is 1. The second kappa shape index (κ2) is 15.5. The van der Waals surface area contributed by atoms with E-state index in [1.807, 2.05) is 24.3 Å². The van der Waals surface area contributed by atoms with Crippen LogP contribution in [0.2, 0.25) is 0 Å². The monoisotopic (exact) mass is 780 g/mol. The van der Waals surface area contributed by atoms with E-state index in [1.165, 1.54) is 16.7 Å². The molecule has 11 rings (SSSR count). The Hall–Kier alpha value is -8.28. The van der Waals surface area contributed by atoms with Crippen LogP contribution in [0.5, 0.6) is 0 Å². The van der Waals surface area contributed by atoms with Crippen LogP contribution in [-0.4, -0.2) is 19.9 Å². The predicted molar refractivity (Wildman–Crippen MR) is 248 cm³/mol. The highest BCUT2D eigenvalue weighted by Crippen LogP contribution is 2.40. The molecule has 61 heavy (non-hydrogen) atoms. The number of hydrogen-bond donors (Lipinski definition) is 0. The minimum atomic E-state index is 0.525. The first-order valence-electron chi connectivity index (χ1n) is 20.4. The molecule has 0 saturated carbocycles. The molecule has 0 bridgehead atoms. The van der Waals surface area contributed by atoms with Gasteiger partial charge in [0.25, 0.3) is 0 Å². The van der Waals surface area contributed by atoms with Gasteiger partial charge in [0.15, 0.2) is 17.5 Å². The van der Waals surface area contributed by atoms with Crippen molar-refractivity contribution >= 4 is 22.1 Å². The summed E-state index contributed by atoms with van der Waals surface area (Å²) in [5.74, 6) is 1.69. The van der Waals surface area contributed by atoms with Crippen molar-refractivity contribution in [1.82, 2.24) is 19.9 Å². The molecule has 0 N–H and O–H groups in total. The Bertz CT molecular complexity index is 3310. The molecule has 5 heteroatoms. The topological polar surface area (TPSA) is 64.7 Å². The summed E-state index contributed by atoms with van der Waals surface area (Å²) in [5.41, 5.74) is 15.1. The van der Waals surface area contributed by atoms with Crippen LogP contribution in [0.4, 0.5) is 0 Å². The van der Waals surface area contributed by atoms with Crippen LogP contribution in [0, 0.1) is 0 Å². The first-order valence-corrected chi connectivity index (χ1v) is 20.4. The minimum Gasteiger partial charge on any atom is -0.437 e. The summed E-state index contributed by atoms with van der Waals surface area (Å²) >= 11 is 0. The molecule has 286 valence electrons. The quantitative estimate of drug-likeness (QED) is 0.154. The van der Waals surface area contributed by atoms with Crippen molar-refractivity contribution in [3.05, 3.63) is 219 Å². The van der Waals surface area contributed by atoms with Crippen LogP contribution in [-0.2, 0) is 0 Å². The van der Waals surface area contributed by atoms with Gasteiger partial charge in [0.05, 0.1) is 5.39 Å². The number of aromatic nitrogens is 4. The van der Waals surface area contributed by atoms with Crippen molar-refractivity contribution in [2.75, 3.05) is 0 Å². The molecular weight excluding hydrogens is 745 g/mol. The van der Waals surface area contributed by atoms with E-state index in [0.29, 0.717) is 23.2 Å². The third-order valence-corrected chi connectivity index (χ3v) is 11.3. The molecule has 0 spiro atoms. The summed E-state index contributed by atoms with van der Waals surface area (Å²) in [6, 6.07) is 73.6. The Kier molecular flexibility index (Phi) is 9.10. The average molecular weight is 781 g/mol. The molecule has 8 aromatic carbocycles. The van der Waals surface area contributed by atoms with Crippen molar-refractivity contribution in [3.8, 4) is 89.8 Å². The van der Waals surface area contributed by atoms with Crippen LogP contribution in [0.25, 0.3) is 112 Å². The molecule has 0 atom stereocenters. The molecular formula is C56H36N4O. The van der Waals surface area contributed by atoms with Gasteiger partial charge >= 0.3 is 0 Å². The lowest BCUT2D eigenvalue weighted by Gasteiger charge is -2.11. The molecule has 0 aliphatic rings. The van der Waals surface area contributed by atoms with E-state index in [9.17, 15) is 0 Å². The normalized spacial score (nSPS) is 11.3. The Morgan fingerprint density at radius 3 is 1.30 bits per heavy atom.